The predicted octanol–water partition coefficient (Wildman–Crippen LogP) is 11.3. The van der Waals surface area contributed by atoms with E-state index in [0.29, 0.717) is 0 Å². The van der Waals surface area contributed by atoms with E-state index in [1.807, 2.05) is 110 Å². The fraction of sp³-hybridized carbons (Fsp3) is 0.540. The van der Waals surface area contributed by atoms with Gasteiger partial charge in [-0.1, -0.05) is 99.6 Å². The Bertz CT molecular complexity index is 1020. The molecule has 59 heavy (non-hydrogen) atoms. The molecule has 0 atom stereocenters. The van der Waals surface area contributed by atoms with Crippen LogP contribution in [-0.4, -0.2) is 87.0 Å². The highest BCUT2D eigenvalue weighted by molar-refractivity contribution is 5.62. The molecule has 1 aromatic carbocycles. The average molecular weight is 813 g/mol. The Hall–Kier alpha value is -3.99. The van der Waals surface area contributed by atoms with Crippen LogP contribution in [0.15, 0.2) is 139 Å². The van der Waals surface area contributed by atoms with E-state index in [1.165, 1.54) is 129 Å². The molecule has 6 aliphatic heterocycles. The van der Waals surface area contributed by atoms with Crippen molar-refractivity contribution in [2.75, 3.05) is 65.8 Å². The first-order chi connectivity index (χ1) is 29.5. The summed E-state index contributed by atoms with van der Waals surface area (Å²) in [4.78, 5) is 14.2. The van der Waals surface area contributed by atoms with E-state index in [-0.39, 0.29) is 0 Å². The smallest absolute Gasteiger partial charge is 0.0488 e. The van der Waals surface area contributed by atoms with Crippen LogP contribution in [0.3, 0.4) is 0 Å². The molecule has 7 fully saturated rings. The van der Waals surface area contributed by atoms with Crippen LogP contribution >= 0.6 is 0 Å². The second-order valence-electron chi connectivity index (χ2n) is 14.0. The molecular weight excluding hydrogens is 733 g/mol. The van der Waals surface area contributed by atoms with Crippen LogP contribution in [0.5, 0.6) is 0 Å². The number of benzene rings is 1. The number of nitrogens with one attached hydrogen (secondary N) is 3. The van der Waals surface area contributed by atoms with Crippen LogP contribution in [0.2, 0.25) is 0 Å². The molecule has 2 saturated carbocycles. The van der Waals surface area contributed by atoms with Crippen LogP contribution in [0, 0.1) is 0 Å². The molecule has 0 radical (unpaired) electrons. The summed E-state index contributed by atoms with van der Waals surface area (Å²) in [5, 5.41) is 6.33. The third-order valence-corrected chi connectivity index (χ3v) is 8.33. The van der Waals surface area contributed by atoms with Crippen molar-refractivity contribution in [3.05, 3.63) is 134 Å². The summed E-state index contributed by atoms with van der Waals surface area (Å²) in [5.74, 6) is 0. The minimum atomic E-state index is 1.00. The summed E-state index contributed by atoms with van der Waals surface area (Å²) < 4.78 is 14.7. The number of hydrogen-bond acceptors (Lipinski definition) is 8. The zero-order chi connectivity index (χ0) is 41.7. The first-order valence-electron chi connectivity index (χ1n) is 22.6. The summed E-state index contributed by atoms with van der Waals surface area (Å²) in [7, 11) is 0. The Morgan fingerprint density at radius 1 is 0.339 bits per heavy atom. The van der Waals surface area contributed by atoms with E-state index >= 15 is 0 Å². The van der Waals surface area contributed by atoms with Crippen LogP contribution in [-0.2, 0) is 14.2 Å². The van der Waals surface area contributed by atoms with Gasteiger partial charge in [-0.3, -0.25) is 15.0 Å². The Labute approximate surface area is 359 Å². The number of allylic oxidation sites excluding steroid dienone is 1. The minimum Gasteiger partial charge on any atom is -0.381 e. The van der Waals surface area contributed by atoms with Crippen molar-refractivity contribution in [2.24, 2.45) is 4.99 Å². The van der Waals surface area contributed by atoms with Gasteiger partial charge in [0.1, 0.15) is 0 Å². The molecule has 5 saturated heterocycles. The normalized spacial score (nSPS) is 17.2. The SMILES string of the molecule is C1=CN=CC1.C1CC1.C1CCC1.C1CCNC1.C1CCOC1.C1CCOCC1.C1CNC1.C1COC1.c1cc[nH]c1.c1ccccc1.c1ccncc1.c1ccncc1. The maximum atomic E-state index is 5.07. The van der Waals surface area contributed by atoms with Gasteiger partial charge in [-0.2, -0.15) is 0 Å². The van der Waals surface area contributed by atoms with E-state index in [2.05, 4.69) is 30.6 Å². The number of aromatic amines is 1. The van der Waals surface area contributed by atoms with Crippen LogP contribution in [0.25, 0.3) is 0 Å². The van der Waals surface area contributed by atoms with Gasteiger partial charge in [0.2, 0.25) is 0 Å². The summed E-state index contributed by atoms with van der Waals surface area (Å²) in [5.41, 5.74) is 0. The molecule has 9 heteroatoms. The summed E-state index contributed by atoms with van der Waals surface area (Å²) in [6, 6.07) is 27.3. The van der Waals surface area contributed by atoms with Gasteiger partial charge in [0, 0.05) is 95.7 Å². The first-order valence-corrected chi connectivity index (χ1v) is 22.6. The molecule has 12 rings (SSSR count). The quantitative estimate of drug-likeness (QED) is 0.162. The summed E-state index contributed by atoms with van der Waals surface area (Å²) in [6.45, 7) is 11.0. The Kier molecular flexibility index (Phi) is 45.1. The minimum absolute atomic E-state index is 1.00. The lowest BCUT2D eigenvalue weighted by molar-refractivity contribution is 0.0367. The zero-order valence-electron chi connectivity index (χ0n) is 36.4. The third kappa shape index (κ3) is 52.0. The molecule has 0 amide bonds. The van der Waals surface area contributed by atoms with E-state index in [1.54, 1.807) is 31.0 Å². The second-order valence-corrected chi connectivity index (χ2v) is 14.0. The molecule has 328 valence electrons. The Balaban J connectivity index is 0.000000323. The molecule has 3 N–H and O–H groups in total. The highest BCUT2D eigenvalue weighted by Crippen LogP contribution is 2.15. The number of H-pyrrole nitrogens is 1. The molecule has 9 heterocycles. The molecule has 2 aliphatic carbocycles. The fourth-order valence-electron chi connectivity index (χ4n) is 3.99. The molecule has 8 aliphatic rings. The summed E-state index contributed by atoms with van der Waals surface area (Å²) in [6.07, 6.45) is 39.9. The van der Waals surface area contributed by atoms with Gasteiger partial charge < -0.3 is 29.8 Å². The monoisotopic (exact) mass is 813 g/mol. The number of aliphatic imine (C=N–C) groups is 1. The van der Waals surface area contributed by atoms with Crippen molar-refractivity contribution in [1.29, 1.82) is 0 Å². The van der Waals surface area contributed by atoms with Gasteiger partial charge in [-0.05, 0) is 120 Å². The lowest BCUT2D eigenvalue weighted by atomic mass is 10.0. The maximum Gasteiger partial charge on any atom is 0.0488 e. The Morgan fingerprint density at radius 2 is 0.678 bits per heavy atom. The van der Waals surface area contributed by atoms with Crippen molar-refractivity contribution >= 4 is 6.21 Å². The van der Waals surface area contributed by atoms with Gasteiger partial charge in [-0.15, -0.1) is 0 Å². The van der Waals surface area contributed by atoms with Gasteiger partial charge in [0.25, 0.3) is 0 Å². The highest BCUT2D eigenvalue weighted by Gasteiger charge is 1.97. The standard InChI is InChI=1S/C6H6.2C5H5N.C5H10O.C4H9N.2C4H5N.C4H8O.C4H8.C3H7N.C3H6O.C3H6/c4*1-2-4-6-5-3-1;4*1-2-4-5-3-1;3*1-2-4-3-1;1-2-3-1/h1-6H;2*1-5H;1-5H2;5H,1-4H2;1,3-4H,2H2;1-5H;1-4H2;1-4H2;4H,1-3H2;1-3H2;1-3H2. The van der Waals surface area contributed by atoms with Crippen LogP contribution in [0.4, 0.5) is 0 Å². The molecule has 9 nitrogen and oxygen atoms in total. The molecule has 4 aromatic rings. The van der Waals surface area contributed by atoms with Crippen molar-refractivity contribution in [1.82, 2.24) is 25.6 Å². The highest BCUT2D eigenvalue weighted by atomic mass is 16.5. The molecule has 0 bridgehead atoms. The van der Waals surface area contributed by atoms with E-state index in [9.17, 15) is 0 Å². The summed E-state index contributed by atoms with van der Waals surface area (Å²) >= 11 is 0. The number of hydrogen-bond donors (Lipinski definition) is 3. The third-order valence-electron chi connectivity index (χ3n) is 8.33. The van der Waals surface area contributed by atoms with Gasteiger partial charge in [0.05, 0.1) is 0 Å². The Morgan fingerprint density at radius 3 is 0.797 bits per heavy atom. The number of nitrogens with zero attached hydrogens (tertiary/aromatic N) is 3. The number of ether oxygens (including phenoxy) is 3. The lowest BCUT2D eigenvalue weighted by Gasteiger charge is -2.09. The molecule has 3 aromatic heterocycles. The number of aromatic nitrogens is 3. The van der Waals surface area contributed by atoms with Crippen LogP contribution < -0.4 is 10.6 Å². The first kappa shape index (κ1) is 53.0. The number of pyridine rings is 2. The number of rotatable bonds is 0. The maximum absolute atomic E-state index is 5.07. The molecular formula is C50H80N6O3. The van der Waals surface area contributed by atoms with Crippen molar-refractivity contribution in [2.45, 2.75) is 109 Å². The zero-order valence-corrected chi connectivity index (χ0v) is 36.4. The van der Waals surface area contributed by atoms with E-state index in [0.717, 1.165) is 46.1 Å². The van der Waals surface area contributed by atoms with Gasteiger partial charge in [0.15, 0.2) is 0 Å². The van der Waals surface area contributed by atoms with Gasteiger partial charge >= 0.3 is 0 Å². The largest absolute Gasteiger partial charge is 0.381 e. The van der Waals surface area contributed by atoms with Crippen molar-refractivity contribution < 1.29 is 14.2 Å². The topological polar surface area (TPSA) is 106 Å². The van der Waals surface area contributed by atoms with E-state index < -0.39 is 0 Å². The fourth-order valence-corrected chi connectivity index (χ4v) is 3.99. The van der Waals surface area contributed by atoms with Gasteiger partial charge in [-0.25, -0.2) is 0 Å². The molecule has 0 unspecified atom stereocenters. The van der Waals surface area contributed by atoms with Crippen molar-refractivity contribution in [3.63, 3.8) is 0 Å². The molecule has 0 spiro atoms. The van der Waals surface area contributed by atoms with Crippen molar-refractivity contribution in [3.8, 4) is 0 Å². The lowest BCUT2D eigenvalue weighted by Crippen LogP contribution is -2.29. The second kappa shape index (κ2) is 50.2. The average Bonchev–Trinajstić information content (AvgIpc) is 3.90. The van der Waals surface area contributed by atoms with Crippen LogP contribution in [0.1, 0.15) is 109 Å². The van der Waals surface area contributed by atoms with E-state index in [4.69, 9.17) is 14.2 Å². The predicted molar refractivity (Wildman–Crippen MR) is 250 cm³/mol.